The van der Waals surface area contributed by atoms with Gasteiger partial charge in [0.1, 0.15) is 0 Å². The minimum absolute atomic E-state index is 0.290. The minimum Gasteiger partial charge on any atom is -0.396 e. The molecule has 80 valence electrons. The molecule has 1 atom stereocenters. The predicted octanol–water partition coefficient (Wildman–Crippen LogP) is 1.16. The van der Waals surface area contributed by atoms with Crippen LogP contribution >= 0.6 is 0 Å². The van der Waals surface area contributed by atoms with E-state index in [-0.39, 0.29) is 0 Å². The Labute approximate surface area is 81.5 Å². The molecule has 0 bridgehead atoms. The van der Waals surface area contributed by atoms with Gasteiger partial charge in [-0.25, -0.2) is 0 Å². The molecule has 13 heavy (non-hydrogen) atoms. The zero-order valence-corrected chi connectivity index (χ0v) is 8.88. The van der Waals surface area contributed by atoms with E-state index in [2.05, 4.69) is 19.2 Å². The van der Waals surface area contributed by atoms with Crippen molar-refractivity contribution in [2.45, 2.75) is 39.2 Å². The molecule has 0 rings (SSSR count). The normalized spacial score (nSPS) is 13.2. The van der Waals surface area contributed by atoms with Crippen LogP contribution in [-0.2, 0) is 4.74 Å². The number of hydrogen-bond acceptors (Lipinski definition) is 3. The third kappa shape index (κ3) is 9.80. The lowest BCUT2D eigenvalue weighted by atomic mass is 10.2. The largest absolute Gasteiger partial charge is 0.396 e. The van der Waals surface area contributed by atoms with E-state index < -0.39 is 0 Å². The van der Waals surface area contributed by atoms with Crippen molar-refractivity contribution in [1.82, 2.24) is 5.32 Å². The highest BCUT2D eigenvalue weighted by Crippen LogP contribution is 1.94. The van der Waals surface area contributed by atoms with Gasteiger partial charge < -0.3 is 15.2 Å². The van der Waals surface area contributed by atoms with Gasteiger partial charge in [-0.3, -0.25) is 0 Å². The maximum absolute atomic E-state index is 8.60. The third-order valence-electron chi connectivity index (χ3n) is 1.88. The lowest BCUT2D eigenvalue weighted by Crippen LogP contribution is -2.29. The number of aliphatic hydroxyl groups is 1. The van der Waals surface area contributed by atoms with Crippen LogP contribution in [0, 0.1) is 0 Å². The molecular weight excluding hydrogens is 166 g/mol. The third-order valence-corrected chi connectivity index (χ3v) is 1.88. The zero-order chi connectivity index (χ0) is 9.94. The molecule has 0 aliphatic rings. The molecule has 0 spiro atoms. The Bertz CT molecular complexity index is 98.9. The predicted molar refractivity (Wildman–Crippen MR) is 54.9 cm³/mol. The van der Waals surface area contributed by atoms with E-state index in [0.29, 0.717) is 12.6 Å². The Morgan fingerprint density at radius 3 is 2.77 bits per heavy atom. The van der Waals surface area contributed by atoms with Crippen LogP contribution in [0.5, 0.6) is 0 Å². The quantitative estimate of drug-likeness (QED) is 0.535. The van der Waals surface area contributed by atoms with Crippen molar-refractivity contribution in [3.63, 3.8) is 0 Å². The van der Waals surface area contributed by atoms with Gasteiger partial charge in [0.25, 0.3) is 0 Å². The second kappa shape index (κ2) is 9.96. The summed E-state index contributed by atoms with van der Waals surface area (Å²) in [4.78, 5) is 0. The van der Waals surface area contributed by atoms with E-state index >= 15 is 0 Å². The van der Waals surface area contributed by atoms with Crippen LogP contribution in [0.25, 0.3) is 0 Å². The smallest absolute Gasteiger partial charge is 0.0590 e. The molecule has 0 aliphatic carbocycles. The Balaban J connectivity index is 3.03. The molecule has 0 saturated carbocycles. The second-order valence-electron chi connectivity index (χ2n) is 3.33. The minimum atomic E-state index is 0.290. The standard InChI is InChI=1S/C10H23NO2/c1-3-8-13-9-6-11-10(2)5-4-7-12/h10-12H,3-9H2,1-2H3. The van der Waals surface area contributed by atoms with Crippen LogP contribution in [0.2, 0.25) is 0 Å². The summed E-state index contributed by atoms with van der Waals surface area (Å²) in [6.45, 7) is 7.09. The van der Waals surface area contributed by atoms with Crippen LogP contribution in [0.1, 0.15) is 33.1 Å². The van der Waals surface area contributed by atoms with Crippen molar-refractivity contribution >= 4 is 0 Å². The van der Waals surface area contributed by atoms with Gasteiger partial charge in [0.2, 0.25) is 0 Å². The Kier molecular flexibility index (Phi) is 9.87. The van der Waals surface area contributed by atoms with Gasteiger partial charge in [0, 0.05) is 25.8 Å². The monoisotopic (exact) mass is 189 g/mol. The fraction of sp³-hybridized carbons (Fsp3) is 1.00. The number of hydrogen-bond donors (Lipinski definition) is 2. The molecule has 3 heteroatoms. The highest BCUT2D eigenvalue weighted by molar-refractivity contribution is 4.59. The van der Waals surface area contributed by atoms with Gasteiger partial charge in [-0.2, -0.15) is 0 Å². The number of ether oxygens (including phenoxy) is 1. The van der Waals surface area contributed by atoms with Crippen molar-refractivity contribution in [2.24, 2.45) is 0 Å². The van der Waals surface area contributed by atoms with Crippen molar-refractivity contribution in [1.29, 1.82) is 0 Å². The topological polar surface area (TPSA) is 41.5 Å². The van der Waals surface area contributed by atoms with Crippen LogP contribution in [0.4, 0.5) is 0 Å². The molecule has 1 unspecified atom stereocenters. The Morgan fingerprint density at radius 2 is 2.15 bits per heavy atom. The van der Waals surface area contributed by atoms with E-state index in [1.807, 2.05) is 0 Å². The highest BCUT2D eigenvalue weighted by atomic mass is 16.5. The van der Waals surface area contributed by atoms with Gasteiger partial charge in [-0.15, -0.1) is 0 Å². The molecule has 2 N–H and O–H groups in total. The van der Waals surface area contributed by atoms with E-state index in [4.69, 9.17) is 9.84 Å². The lowest BCUT2D eigenvalue weighted by Gasteiger charge is -2.12. The number of aliphatic hydroxyl groups excluding tert-OH is 1. The van der Waals surface area contributed by atoms with Crippen molar-refractivity contribution < 1.29 is 9.84 Å². The summed E-state index contributed by atoms with van der Waals surface area (Å²) in [5.41, 5.74) is 0. The maximum atomic E-state index is 8.60. The molecule has 0 aromatic rings. The van der Waals surface area contributed by atoms with Crippen LogP contribution in [-0.4, -0.2) is 37.5 Å². The first-order valence-corrected chi connectivity index (χ1v) is 5.23. The molecular formula is C10H23NO2. The van der Waals surface area contributed by atoms with Crippen LogP contribution in [0.15, 0.2) is 0 Å². The molecule has 0 fully saturated rings. The van der Waals surface area contributed by atoms with Crippen molar-refractivity contribution in [3.8, 4) is 0 Å². The molecule has 0 amide bonds. The van der Waals surface area contributed by atoms with E-state index in [9.17, 15) is 0 Å². The molecule has 0 heterocycles. The zero-order valence-electron chi connectivity index (χ0n) is 8.88. The molecule has 0 radical (unpaired) electrons. The molecule has 0 aliphatic heterocycles. The number of nitrogens with one attached hydrogen (secondary N) is 1. The number of rotatable bonds is 9. The average molecular weight is 189 g/mol. The van der Waals surface area contributed by atoms with Crippen LogP contribution in [0.3, 0.4) is 0 Å². The van der Waals surface area contributed by atoms with Gasteiger partial charge in [-0.05, 0) is 26.2 Å². The van der Waals surface area contributed by atoms with Crippen molar-refractivity contribution in [3.05, 3.63) is 0 Å². The van der Waals surface area contributed by atoms with E-state index in [1.165, 1.54) is 0 Å². The summed E-state index contributed by atoms with van der Waals surface area (Å²) >= 11 is 0. The summed E-state index contributed by atoms with van der Waals surface area (Å²) in [6, 6.07) is 0.484. The highest BCUT2D eigenvalue weighted by Gasteiger charge is 1.98. The molecule has 0 aromatic heterocycles. The summed E-state index contributed by atoms with van der Waals surface area (Å²) in [5.74, 6) is 0. The lowest BCUT2D eigenvalue weighted by molar-refractivity contribution is 0.134. The first kappa shape index (κ1) is 12.9. The second-order valence-corrected chi connectivity index (χ2v) is 3.33. The van der Waals surface area contributed by atoms with Gasteiger partial charge in [0.15, 0.2) is 0 Å². The van der Waals surface area contributed by atoms with Gasteiger partial charge in [0.05, 0.1) is 6.61 Å². The Morgan fingerprint density at radius 1 is 1.38 bits per heavy atom. The summed E-state index contributed by atoms with van der Waals surface area (Å²) in [6.07, 6.45) is 2.99. The first-order valence-electron chi connectivity index (χ1n) is 5.23. The summed E-state index contributed by atoms with van der Waals surface area (Å²) in [5, 5.41) is 11.9. The van der Waals surface area contributed by atoms with E-state index in [1.54, 1.807) is 0 Å². The fourth-order valence-electron chi connectivity index (χ4n) is 1.12. The fourth-order valence-corrected chi connectivity index (χ4v) is 1.12. The SMILES string of the molecule is CCCOCCNC(C)CCCO. The van der Waals surface area contributed by atoms with E-state index in [0.717, 1.165) is 39.0 Å². The molecule has 3 nitrogen and oxygen atoms in total. The summed E-state index contributed by atoms with van der Waals surface area (Å²) in [7, 11) is 0. The molecule has 0 saturated heterocycles. The van der Waals surface area contributed by atoms with Gasteiger partial charge >= 0.3 is 0 Å². The van der Waals surface area contributed by atoms with Crippen molar-refractivity contribution in [2.75, 3.05) is 26.4 Å². The first-order chi connectivity index (χ1) is 6.31. The molecule has 0 aromatic carbocycles. The van der Waals surface area contributed by atoms with Crippen LogP contribution < -0.4 is 5.32 Å². The summed E-state index contributed by atoms with van der Waals surface area (Å²) < 4.78 is 5.33. The van der Waals surface area contributed by atoms with Gasteiger partial charge in [-0.1, -0.05) is 6.92 Å². The average Bonchev–Trinajstić information content (AvgIpc) is 2.14. The maximum Gasteiger partial charge on any atom is 0.0590 e. The Hall–Kier alpha value is -0.120.